The van der Waals surface area contributed by atoms with Gasteiger partial charge in [0.15, 0.2) is 10.7 Å². The molecule has 0 unspecified atom stereocenters. The molecule has 3 N–H and O–H groups in total. The highest BCUT2D eigenvalue weighted by atomic mass is 33.1. The zero-order chi connectivity index (χ0) is 27.4. The molecule has 12 nitrogen and oxygen atoms in total. The van der Waals surface area contributed by atoms with Gasteiger partial charge in [0.05, 0.1) is 26.3 Å². The second-order valence-electron chi connectivity index (χ2n) is 6.99. The number of thiocarbonyl (C=S) groups is 1. The maximum atomic E-state index is 12.3. The molecule has 15 heteroatoms. The van der Waals surface area contributed by atoms with Gasteiger partial charge in [-0.3, -0.25) is 4.79 Å². The maximum Gasteiger partial charge on any atom is 0.407 e. The van der Waals surface area contributed by atoms with Crippen LogP contribution in [0.5, 0.6) is 11.5 Å². The third-order valence-corrected chi connectivity index (χ3v) is 7.24. The molecule has 0 aliphatic carbocycles. The lowest BCUT2D eigenvalue weighted by Gasteiger charge is -2.15. The second-order valence-corrected chi connectivity index (χ2v) is 9.98. The Kier molecular flexibility index (Phi) is 12.2. The van der Waals surface area contributed by atoms with Gasteiger partial charge in [-0.15, -0.1) is 0 Å². The van der Waals surface area contributed by atoms with Crippen LogP contribution in [0.4, 0.5) is 4.79 Å². The predicted molar refractivity (Wildman–Crippen MR) is 142 cm³/mol. The minimum absolute atomic E-state index is 0.0581. The number of rotatable bonds is 14. The van der Waals surface area contributed by atoms with E-state index in [4.69, 9.17) is 31.0 Å². The molecule has 0 aliphatic heterocycles. The number of nitrogens with zero attached hydrogens (tertiary/aromatic N) is 2. The SMILES string of the molecule is C=CCOC(=O)NCc1noc(C(=S)C(=O)NCCSSCc2c(O)cc(OC)c(C)c2C(=O)OC)n1. The normalized spacial score (nSPS) is 10.4. The van der Waals surface area contributed by atoms with Gasteiger partial charge in [0.1, 0.15) is 18.1 Å². The van der Waals surface area contributed by atoms with Crippen molar-refractivity contribution in [1.29, 1.82) is 0 Å². The molecule has 0 radical (unpaired) electrons. The van der Waals surface area contributed by atoms with Crippen molar-refractivity contribution in [3.8, 4) is 11.5 Å². The number of phenolic OH excluding ortho intramolecular Hbond substituents is 1. The van der Waals surface area contributed by atoms with Gasteiger partial charge in [0, 0.05) is 35.2 Å². The average molecular weight is 571 g/mol. The summed E-state index contributed by atoms with van der Waals surface area (Å²) in [6.07, 6.45) is 0.745. The minimum Gasteiger partial charge on any atom is -0.507 e. The molecule has 2 amide bonds. The Bertz CT molecular complexity index is 1160. The number of aromatic hydroxyl groups is 1. The molecule has 0 aliphatic rings. The number of esters is 1. The van der Waals surface area contributed by atoms with Gasteiger partial charge < -0.3 is 34.5 Å². The van der Waals surface area contributed by atoms with E-state index in [2.05, 4.69) is 27.4 Å². The number of carbonyl (C=O) groups excluding carboxylic acids is 3. The van der Waals surface area contributed by atoms with E-state index in [1.807, 2.05) is 0 Å². The Labute approximate surface area is 226 Å². The summed E-state index contributed by atoms with van der Waals surface area (Å²) in [5.41, 5.74) is 1.26. The zero-order valence-electron chi connectivity index (χ0n) is 20.3. The highest BCUT2D eigenvalue weighted by Crippen LogP contribution is 2.37. The van der Waals surface area contributed by atoms with Gasteiger partial charge in [0.2, 0.25) is 0 Å². The van der Waals surface area contributed by atoms with E-state index in [1.54, 1.807) is 6.92 Å². The van der Waals surface area contributed by atoms with E-state index in [9.17, 15) is 19.5 Å². The Morgan fingerprint density at radius 3 is 2.70 bits per heavy atom. The van der Waals surface area contributed by atoms with Crippen LogP contribution < -0.4 is 15.4 Å². The van der Waals surface area contributed by atoms with Crippen LogP contribution in [0, 0.1) is 6.92 Å². The molecule has 200 valence electrons. The molecule has 1 aromatic heterocycles. The summed E-state index contributed by atoms with van der Waals surface area (Å²) in [6, 6.07) is 1.46. The molecule has 2 aromatic rings. The first kappa shape index (κ1) is 29.9. The summed E-state index contributed by atoms with van der Waals surface area (Å²) >= 11 is 5.09. The molecule has 37 heavy (non-hydrogen) atoms. The van der Waals surface area contributed by atoms with Crippen LogP contribution in [0.3, 0.4) is 0 Å². The van der Waals surface area contributed by atoms with E-state index >= 15 is 0 Å². The third-order valence-electron chi connectivity index (χ3n) is 4.58. The number of carbonyl (C=O) groups is 3. The molecule has 0 saturated heterocycles. The zero-order valence-corrected chi connectivity index (χ0v) is 22.8. The fraction of sp³-hybridized carbons (Fsp3) is 0.364. The van der Waals surface area contributed by atoms with Gasteiger partial charge in [-0.2, -0.15) is 4.98 Å². The van der Waals surface area contributed by atoms with Crippen LogP contribution >= 0.6 is 33.8 Å². The Morgan fingerprint density at radius 1 is 1.27 bits per heavy atom. The standard InChI is InChI=1S/C22H26N4O8S3/c1-5-7-33-22(30)24-10-16-25-20(34-26-16)18(35)19(28)23-6-8-36-37-11-13-14(27)9-15(31-3)12(2)17(13)21(29)32-4/h5,9,27H,1,6-8,10-11H2,2-4H3,(H,23,28)(H,24,30). The number of ether oxygens (including phenoxy) is 3. The molecule has 0 saturated carbocycles. The topological polar surface area (TPSA) is 162 Å². The van der Waals surface area contributed by atoms with Gasteiger partial charge in [-0.25, -0.2) is 9.59 Å². The van der Waals surface area contributed by atoms with Crippen molar-refractivity contribution in [2.75, 3.05) is 33.1 Å². The number of amides is 2. The summed E-state index contributed by atoms with van der Waals surface area (Å²) in [5.74, 6) is -0.0217. The van der Waals surface area contributed by atoms with Crippen molar-refractivity contribution in [1.82, 2.24) is 20.8 Å². The molecule has 0 fully saturated rings. The Hall–Kier alpha value is -3.30. The van der Waals surface area contributed by atoms with E-state index < -0.39 is 18.0 Å². The van der Waals surface area contributed by atoms with E-state index in [1.165, 1.54) is 47.9 Å². The molecule has 2 rings (SSSR count). The van der Waals surface area contributed by atoms with Crippen LogP contribution in [-0.4, -0.2) is 71.2 Å². The lowest BCUT2D eigenvalue weighted by molar-refractivity contribution is -0.114. The van der Waals surface area contributed by atoms with Crippen LogP contribution in [0.15, 0.2) is 23.2 Å². The van der Waals surface area contributed by atoms with Crippen LogP contribution in [0.1, 0.15) is 33.2 Å². The van der Waals surface area contributed by atoms with Gasteiger partial charge in [-0.1, -0.05) is 51.6 Å². The van der Waals surface area contributed by atoms with Crippen molar-refractivity contribution >= 4 is 56.6 Å². The van der Waals surface area contributed by atoms with E-state index in [0.29, 0.717) is 28.4 Å². The van der Waals surface area contributed by atoms with Crippen LogP contribution in [0.25, 0.3) is 0 Å². The number of hydrogen-bond donors (Lipinski definition) is 3. The molecular weight excluding hydrogens is 544 g/mol. The lowest BCUT2D eigenvalue weighted by Crippen LogP contribution is -2.32. The Morgan fingerprint density at radius 2 is 2.03 bits per heavy atom. The maximum absolute atomic E-state index is 12.3. The number of phenols is 1. The quantitative estimate of drug-likeness (QED) is 0.0760. The summed E-state index contributed by atoms with van der Waals surface area (Å²) in [4.78, 5) is 39.8. The number of nitrogens with one attached hydrogen (secondary N) is 2. The largest absolute Gasteiger partial charge is 0.507 e. The summed E-state index contributed by atoms with van der Waals surface area (Å²) in [7, 11) is 5.53. The van der Waals surface area contributed by atoms with Gasteiger partial charge in [-0.05, 0) is 6.92 Å². The number of hydrogen-bond acceptors (Lipinski definition) is 13. The van der Waals surface area contributed by atoms with Gasteiger partial charge >= 0.3 is 12.1 Å². The fourth-order valence-electron chi connectivity index (χ4n) is 2.83. The number of benzene rings is 1. The number of methoxy groups -OCH3 is 2. The predicted octanol–water partition coefficient (Wildman–Crippen LogP) is 2.71. The summed E-state index contributed by atoms with van der Waals surface area (Å²) in [5, 5.41) is 19.1. The first-order valence-electron chi connectivity index (χ1n) is 10.6. The highest BCUT2D eigenvalue weighted by molar-refractivity contribution is 8.76. The van der Waals surface area contributed by atoms with E-state index in [-0.39, 0.29) is 47.6 Å². The van der Waals surface area contributed by atoms with Crippen LogP contribution in [0.2, 0.25) is 0 Å². The average Bonchev–Trinajstić information content (AvgIpc) is 3.37. The van der Waals surface area contributed by atoms with Crippen molar-refractivity contribution in [3.05, 3.63) is 47.1 Å². The molecular formula is C22H26N4O8S3. The minimum atomic E-state index is -0.680. The highest BCUT2D eigenvalue weighted by Gasteiger charge is 2.22. The van der Waals surface area contributed by atoms with Crippen molar-refractivity contribution in [2.45, 2.75) is 19.2 Å². The fourth-order valence-corrected chi connectivity index (χ4v) is 4.99. The molecule has 1 aromatic carbocycles. The van der Waals surface area contributed by atoms with Gasteiger partial charge in [0.25, 0.3) is 11.8 Å². The summed E-state index contributed by atoms with van der Waals surface area (Å²) < 4.78 is 19.8. The second kappa shape index (κ2) is 15.1. The number of aromatic nitrogens is 2. The van der Waals surface area contributed by atoms with Crippen molar-refractivity contribution in [2.24, 2.45) is 0 Å². The molecule has 0 bridgehead atoms. The molecule has 0 atom stereocenters. The molecule has 1 heterocycles. The van der Waals surface area contributed by atoms with E-state index in [0.717, 1.165) is 0 Å². The van der Waals surface area contributed by atoms with Crippen molar-refractivity contribution < 1.29 is 38.2 Å². The smallest absolute Gasteiger partial charge is 0.407 e. The first-order chi connectivity index (χ1) is 17.7. The molecule has 0 spiro atoms. The first-order valence-corrected chi connectivity index (χ1v) is 13.5. The van der Waals surface area contributed by atoms with Crippen molar-refractivity contribution in [3.63, 3.8) is 0 Å². The monoisotopic (exact) mass is 570 g/mol. The lowest BCUT2D eigenvalue weighted by atomic mass is 10.0. The summed E-state index contributed by atoms with van der Waals surface area (Å²) in [6.45, 7) is 5.42. The third kappa shape index (κ3) is 8.65. The Balaban J connectivity index is 1.80. The van der Waals surface area contributed by atoms with Crippen LogP contribution in [-0.2, 0) is 26.6 Å². The number of alkyl carbamates (subject to hydrolysis) is 1.